The van der Waals surface area contributed by atoms with E-state index in [1.165, 1.54) is 12.8 Å². The second-order valence-electron chi connectivity index (χ2n) is 6.01. The van der Waals surface area contributed by atoms with Gasteiger partial charge in [-0.1, -0.05) is 6.92 Å². The van der Waals surface area contributed by atoms with Crippen molar-refractivity contribution in [2.75, 3.05) is 39.9 Å². The van der Waals surface area contributed by atoms with Gasteiger partial charge in [-0.05, 0) is 18.8 Å². The predicted molar refractivity (Wildman–Crippen MR) is 73.4 cm³/mol. The summed E-state index contributed by atoms with van der Waals surface area (Å²) in [5.74, 6) is -0.351. The number of aliphatic carboxylic acids is 1. The van der Waals surface area contributed by atoms with Gasteiger partial charge in [-0.15, -0.1) is 0 Å². The molecule has 1 saturated carbocycles. The number of likely N-dealkylation sites (N-methyl/N-ethyl adjacent to an activating group) is 1. The van der Waals surface area contributed by atoms with Crippen LogP contribution in [-0.4, -0.2) is 66.8 Å². The molecule has 0 aromatic carbocycles. The number of ether oxygens (including phenoxy) is 1. The number of carbonyl (C=O) groups is 2. The van der Waals surface area contributed by atoms with E-state index in [2.05, 4.69) is 0 Å². The van der Waals surface area contributed by atoms with E-state index >= 15 is 0 Å². The zero-order valence-corrected chi connectivity index (χ0v) is 12.2. The molecule has 0 aromatic heterocycles. The maximum Gasteiger partial charge on any atom is 0.319 e. The summed E-state index contributed by atoms with van der Waals surface area (Å²) in [5, 5.41) is 8.91. The molecule has 0 spiro atoms. The van der Waals surface area contributed by atoms with Gasteiger partial charge < -0.3 is 19.6 Å². The first-order chi connectivity index (χ1) is 9.49. The molecule has 1 aliphatic carbocycles. The molecule has 1 atom stereocenters. The minimum atomic E-state index is -0.788. The van der Waals surface area contributed by atoms with Gasteiger partial charge in [0.15, 0.2) is 0 Å². The van der Waals surface area contributed by atoms with E-state index < -0.39 is 5.97 Å². The highest BCUT2D eigenvalue weighted by Crippen LogP contribution is 2.28. The molecule has 0 aromatic rings. The zero-order chi connectivity index (χ0) is 14.7. The minimum absolute atomic E-state index is 0.0335. The fourth-order valence-electron chi connectivity index (χ4n) is 2.26. The quantitative estimate of drug-likeness (QED) is 0.711. The van der Waals surface area contributed by atoms with Crippen LogP contribution in [0.4, 0.5) is 4.79 Å². The molecule has 1 N–H and O–H groups in total. The van der Waals surface area contributed by atoms with Gasteiger partial charge in [0.25, 0.3) is 0 Å². The van der Waals surface area contributed by atoms with E-state index in [9.17, 15) is 9.59 Å². The molecule has 20 heavy (non-hydrogen) atoms. The minimum Gasteiger partial charge on any atom is -0.481 e. The molecule has 2 amide bonds. The second-order valence-corrected chi connectivity index (χ2v) is 6.01. The number of hydrogen-bond acceptors (Lipinski definition) is 3. The Hall–Kier alpha value is -1.30. The summed E-state index contributed by atoms with van der Waals surface area (Å²) >= 11 is 0. The van der Waals surface area contributed by atoms with Crippen LogP contribution in [0, 0.1) is 17.8 Å². The number of urea groups is 1. The van der Waals surface area contributed by atoms with Crippen molar-refractivity contribution in [3.05, 3.63) is 0 Å². The summed E-state index contributed by atoms with van der Waals surface area (Å²) in [4.78, 5) is 26.2. The highest BCUT2D eigenvalue weighted by atomic mass is 16.5. The Morgan fingerprint density at radius 1 is 1.40 bits per heavy atom. The molecule has 1 heterocycles. The molecule has 1 saturated heterocycles. The topological polar surface area (TPSA) is 70.1 Å². The lowest BCUT2D eigenvalue weighted by molar-refractivity contribution is -0.144. The number of carboxylic acids is 1. The van der Waals surface area contributed by atoms with E-state index in [0.29, 0.717) is 26.2 Å². The van der Waals surface area contributed by atoms with Crippen LogP contribution in [0.2, 0.25) is 0 Å². The van der Waals surface area contributed by atoms with Crippen molar-refractivity contribution in [2.24, 2.45) is 17.8 Å². The number of carboxylic acid groups (broad SMARTS) is 1. The first-order valence-corrected chi connectivity index (χ1v) is 7.29. The van der Waals surface area contributed by atoms with Crippen LogP contribution in [0.15, 0.2) is 0 Å². The smallest absolute Gasteiger partial charge is 0.319 e. The first-order valence-electron chi connectivity index (χ1n) is 7.29. The molecule has 2 rings (SSSR count). The Kier molecular flexibility index (Phi) is 4.86. The Bertz CT molecular complexity index is 364. The maximum atomic E-state index is 12.1. The molecule has 114 valence electrons. The fraction of sp³-hybridized carbons (Fsp3) is 0.857. The van der Waals surface area contributed by atoms with Crippen molar-refractivity contribution in [1.82, 2.24) is 9.80 Å². The normalized spacial score (nSPS) is 20.4. The Morgan fingerprint density at radius 3 is 2.60 bits per heavy atom. The highest BCUT2D eigenvalue weighted by Gasteiger charge is 2.38. The van der Waals surface area contributed by atoms with E-state index in [1.54, 1.807) is 23.8 Å². The second kappa shape index (κ2) is 6.43. The van der Waals surface area contributed by atoms with Crippen LogP contribution in [-0.2, 0) is 9.53 Å². The number of carbonyl (C=O) groups excluding carboxylic acids is 1. The molecule has 0 radical (unpaired) electrons. The van der Waals surface area contributed by atoms with Gasteiger partial charge in [0, 0.05) is 39.2 Å². The van der Waals surface area contributed by atoms with E-state index in [4.69, 9.17) is 9.84 Å². The third kappa shape index (κ3) is 3.85. The van der Waals surface area contributed by atoms with Crippen LogP contribution in [0.25, 0.3) is 0 Å². The molecular weight excluding hydrogens is 260 g/mol. The number of amides is 2. The number of nitrogens with zero attached hydrogens (tertiary/aromatic N) is 2. The Morgan fingerprint density at radius 2 is 2.05 bits per heavy atom. The van der Waals surface area contributed by atoms with Gasteiger partial charge in [-0.25, -0.2) is 4.79 Å². The average Bonchev–Trinajstić information content (AvgIpc) is 3.16. The standard InChI is InChI=1S/C14H24N2O4/c1-10(13(17)18)12-7-16(8-12)14(19)15(2)5-6-20-9-11-3-4-11/h10-12H,3-9H2,1-2H3,(H,17,18). The summed E-state index contributed by atoms with van der Waals surface area (Å²) in [6.45, 7) is 4.75. The molecule has 1 unspecified atom stereocenters. The third-order valence-corrected chi connectivity index (χ3v) is 4.23. The van der Waals surface area contributed by atoms with Crippen LogP contribution < -0.4 is 0 Å². The predicted octanol–water partition coefficient (Wildman–Crippen LogP) is 1.12. The third-order valence-electron chi connectivity index (χ3n) is 4.23. The summed E-state index contributed by atoms with van der Waals surface area (Å²) < 4.78 is 5.51. The number of likely N-dealkylation sites (tertiary alicyclic amines) is 1. The van der Waals surface area contributed by atoms with E-state index in [-0.39, 0.29) is 17.9 Å². The monoisotopic (exact) mass is 284 g/mol. The van der Waals surface area contributed by atoms with Crippen molar-refractivity contribution in [1.29, 1.82) is 0 Å². The van der Waals surface area contributed by atoms with Crippen LogP contribution in [0.3, 0.4) is 0 Å². The molecule has 0 bridgehead atoms. The van der Waals surface area contributed by atoms with Gasteiger partial charge in [-0.3, -0.25) is 4.79 Å². The van der Waals surface area contributed by atoms with Gasteiger partial charge >= 0.3 is 12.0 Å². The van der Waals surface area contributed by atoms with Crippen molar-refractivity contribution in [2.45, 2.75) is 19.8 Å². The van der Waals surface area contributed by atoms with Crippen molar-refractivity contribution < 1.29 is 19.4 Å². The van der Waals surface area contributed by atoms with Crippen LogP contribution in [0.5, 0.6) is 0 Å². The molecule has 6 heteroatoms. The summed E-state index contributed by atoms with van der Waals surface area (Å²) in [6, 6.07) is -0.0335. The Labute approximate surface area is 119 Å². The molecule has 2 aliphatic rings. The van der Waals surface area contributed by atoms with Crippen molar-refractivity contribution >= 4 is 12.0 Å². The molecule has 6 nitrogen and oxygen atoms in total. The highest BCUT2D eigenvalue weighted by molar-refractivity contribution is 5.76. The Balaban J connectivity index is 1.60. The van der Waals surface area contributed by atoms with Crippen LogP contribution in [0.1, 0.15) is 19.8 Å². The fourth-order valence-corrected chi connectivity index (χ4v) is 2.26. The van der Waals surface area contributed by atoms with E-state index in [0.717, 1.165) is 12.5 Å². The van der Waals surface area contributed by atoms with Crippen molar-refractivity contribution in [3.63, 3.8) is 0 Å². The maximum absolute atomic E-state index is 12.1. The number of hydrogen-bond donors (Lipinski definition) is 1. The largest absolute Gasteiger partial charge is 0.481 e. The lowest BCUT2D eigenvalue weighted by Crippen LogP contribution is -2.57. The van der Waals surface area contributed by atoms with Crippen LogP contribution >= 0.6 is 0 Å². The number of rotatable bonds is 7. The average molecular weight is 284 g/mol. The lowest BCUT2D eigenvalue weighted by Gasteiger charge is -2.42. The molecule has 2 fully saturated rings. The van der Waals surface area contributed by atoms with Gasteiger partial charge in [-0.2, -0.15) is 0 Å². The van der Waals surface area contributed by atoms with E-state index in [1.807, 2.05) is 0 Å². The van der Waals surface area contributed by atoms with Gasteiger partial charge in [0.1, 0.15) is 0 Å². The van der Waals surface area contributed by atoms with Gasteiger partial charge in [0.05, 0.1) is 12.5 Å². The van der Waals surface area contributed by atoms with Gasteiger partial charge in [0.2, 0.25) is 0 Å². The SMILES string of the molecule is CC(C(=O)O)C1CN(C(=O)N(C)CCOCC2CC2)C1. The summed E-state index contributed by atoms with van der Waals surface area (Å²) in [5.41, 5.74) is 0. The molecular formula is C14H24N2O4. The molecule has 1 aliphatic heterocycles. The zero-order valence-electron chi connectivity index (χ0n) is 12.2. The lowest BCUT2D eigenvalue weighted by atomic mass is 9.87. The van der Waals surface area contributed by atoms with Crippen molar-refractivity contribution in [3.8, 4) is 0 Å². The summed E-state index contributed by atoms with van der Waals surface area (Å²) in [7, 11) is 1.76. The summed E-state index contributed by atoms with van der Waals surface area (Å²) in [6.07, 6.45) is 2.54. The first kappa shape index (κ1) is 15.1.